The van der Waals surface area contributed by atoms with E-state index in [-0.39, 0.29) is 5.56 Å². The van der Waals surface area contributed by atoms with Gasteiger partial charge in [-0.25, -0.2) is 4.79 Å². The van der Waals surface area contributed by atoms with E-state index in [2.05, 4.69) is 5.32 Å². The number of carbonyl (C=O) groups is 2. The number of benzene rings is 2. The number of nitrogens with one attached hydrogen (secondary N) is 1. The van der Waals surface area contributed by atoms with Gasteiger partial charge in [-0.3, -0.25) is 4.79 Å². The van der Waals surface area contributed by atoms with Crippen LogP contribution in [0, 0.1) is 0 Å². The van der Waals surface area contributed by atoms with Gasteiger partial charge in [-0.15, -0.1) is 0 Å². The minimum absolute atomic E-state index is 0.284. The third kappa shape index (κ3) is 4.51. The summed E-state index contributed by atoms with van der Waals surface area (Å²) in [5, 5.41) is 3.49. The van der Waals surface area contributed by atoms with Gasteiger partial charge in [0.1, 0.15) is 11.3 Å². The van der Waals surface area contributed by atoms with Gasteiger partial charge in [0, 0.05) is 5.39 Å². The molecule has 8 heteroatoms. The Morgan fingerprint density at radius 2 is 1.86 bits per heavy atom. The second-order valence-electron chi connectivity index (χ2n) is 6.13. The lowest BCUT2D eigenvalue weighted by Crippen LogP contribution is -2.31. The van der Waals surface area contributed by atoms with Crippen LogP contribution in [0.25, 0.3) is 11.0 Å². The molecule has 1 N–H and O–H groups in total. The van der Waals surface area contributed by atoms with E-state index in [4.69, 9.17) is 9.15 Å². The minimum atomic E-state index is -4.57. The molecule has 146 valence electrons. The van der Waals surface area contributed by atoms with Gasteiger partial charge >= 0.3 is 12.1 Å². The molecule has 0 saturated carbocycles. The lowest BCUT2D eigenvalue weighted by Gasteiger charge is -2.12. The number of fused-ring (bicyclic) bond motifs is 1. The molecule has 3 aromatic rings. The highest BCUT2D eigenvalue weighted by molar-refractivity contribution is 5.91. The molecule has 1 aromatic heterocycles. The molecular weight excluding hydrogens is 375 g/mol. The standard InChI is InChI=1S/C20H16F3NO4/c1-12(17-10-13-5-2-3-8-16(13)28-17)24-18(25)11-27-19(26)14-6-4-7-15(9-14)20(21,22)23/h2-10,12H,11H2,1H3,(H,24,25)/t12-/m0/s1. The Kier molecular flexibility index (Phi) is 5.39. The molecule has 0 unspecified atom stereocenters. The fourth-order valence-electron chi connectivity index (χ4n) is 2.61. The van der Waals surface area contributed by atoms with E-state index in [0.717, 1.165) is 17.5 Å². The van der Waals surface area contributed by atoms with E-state index in [1.165, 1.54) is 6.07 Å². The summed E-state index contributed by atoms with van der Waals surface area (Å²) in [6.45, 7) is 1.07. The Labute approximate surface area is 158 Å². The molecule has 1 amide bonds. The van der Waals surface area contributed by atoms with E-state index in [0.29, 0.717) is 17.4 Å². The summed E-state index contributed by atoms with van der Waals surface area (Å²) in [7, 11) is 0. The van der Waals surface area contributed by atoms with Crippen molar-refractivity contribution in [3.63, 3.8) is 0 Å². The molecule has 0 fully saturated rings. The molecule has 1 atom stereocenters. The Morgan fingerprint density at radius 1 is 1.11 bits per heavy atom. The zero-order chi connectivity index (χ0) is 20.3. The molecule has 5 nitrogen and oxygen atoms in total. The normalized spacial score (nSPS) is 12.6. The summed E-state index contributed by atoms with van der Waals surface area (Å²) in [6.07, 6.45) is -4.57. The van der Waals surface area contributed by atoms with Gasteiger partial charge in [0.2, 0.25) is 0 Å². The number of halogens is 3. The second-order valence-corrected chi connectivity index (χ2v) is 6.13. The van der Waals surface area contributed by atoms with Crippen molar-refractivity contribution < 1.29 is 31.9 Å². The first kappa shape index (κ1) is 19.5. The van der Waals surface area contributed by atoms with Crippen LogP contribution in [-0.2, 0) is 15.7 Å². The molecule has 2 aromatic carbocycles. The third-order valence-corrected chi connectivity index (χ3v) is 4.01. The predicted molar refractivity (Wildman–Crippen MR) is 94.5 cm³/mol. The summed E-state index contributed by atoms with van der Waals surface area (Å²) < 4.78 is 48.6. The van der Waals surface area contributed by atoms with Crippen molar-refractivity contribution in [3.8, 4) is 0 Å². The van der Waals surface area contributed by atoms with Gasteiger partial charge in [0.05, 0.1) is 17.2 Å². The first-order chi connectivity index (χ1) is 13.2. The highest BCUT2D eigenvalue weighted by Gasteiger charge is 2.31. The van der Waals surface area contributed by atoms with Gasteiger partial charge in [-0.1, -0.05) is 24.3 Å². The highest BCUT2D eigenvalue weighted by Crippen LogP contribution is 2.29. The molecule has 0 aliphatic carbocycles. The molecular formula is C20H16F3NO4. The maximum Gasteiger partial charge on any atom is 0.416 e. The monoisotopic (exact) mass is 391 g/mol. The van der Waals surface area contributed by atoms with Crippen LogP contribution in [-0.4, -0.2) is 18.5 Å². The van der Waals surface area contributed by atoms with Crippen LogP contribution < -0.4 is 5.32 Å². The second kappa shape index (κ2) is 7.75. The Bertz CT molecular complexity index is 977. The first-order valence-electron chi connectivity index (χ1n) is 8.36. The number of hydrogen-bond acceptors (Lipinski definition) is 4. The quantitative estimate of drug-likeness (QED) is 0.651. The summed E-state index contributed by atoms with van der Waals surface area (Å²) in [5.41, 5.74) is -0.576. The maximum absolute atomic E-state index is 12.7. The van der Waals surface area contributed by atoms with Crippen LogP contribution >= 0.6 is 0 Å². The van der Waals surface area contributed by atoms with E-state index in [9.17, 15) is 22.8 Å². The number of amides is 1. The topological polar surface area (TPSA) is 68.5 Å². The van der Waals surface area contributed by atoms with Crippen LogP contribution in [0.5, 0.6) is 0 Å². The maximum atomic E-state index is 12.7. The first-order valence-corrected chi connectivity index (χ1v) is 8.36. The Hall–Kier alpha value is -3.29. The van der Waals surface area contributed by atoms with E-state index >= 15 is 0 Å². The lowest BCUT2D eigenvalue weighted by atomic mass is 10.1. The third-order valence-electron chi connectivity index (χ3n) is 4.01. The summed E-state index contributed by atoms with van der Waals surface area (Å²) >= 11 is 0. The molecule has 1 heterocycles. The van der Waals surface area contributed by atoms with Crippen molar-refractivity contribution in [1.29, 1.82) is 0 Å². The molecule has 0 bridgehead atoms. The number of carbonyl (C=O) groups excluding carboxylic acids is 2. The van der Waals surface area contributed by atoms with Gasteiger partial charge in [0.15, 0.2) is 6.61 Å². The molecule has 0 radical (unpaired) electrons. The average Bonchev–Trinajstić information content (AvgIpc) is 3.10. The van der Waals surface area contributed by atoms with Crippen molar-refractivity contribution in [2.75, 3.05) is 6.61 Å². The fraction of sp³-hybridized carbons (Fsp3) is 0.200. The Balaban J connectivity index is 1.57. The number of ether oxygens (including phenoxy) is 1. The van der Waals surface area contributed by atoms with E-state index in [1.807, 2.05) is 18.2 Å². The summed E-state index contributed by atoms with van der Waals surface area (Å²) in [6, 6.07) is 12.5. The van der Waals surface area contributed by atoms with Crippen molar-refractivity contribution in [1.82, 2.24) is 5.32 Å². The lowest BCUT2D eigenvalue weighted by molar-refractivity contribution is -0.137. The largest absolute Gasteiger partial charge is 0.459 e. The molecule has 0 saturated heterocycles. The fourth-order valence-corrected chi connectivity index (χ4v) is 2.61. The van der Waals surface area contributed by atoms with Crippen LogP contribution in [0.2, 0.25) is 0 Å². The predicted octanol–water partition coefficient (Wildman–Crippen LogP) is 4.49. The van der Waals surface area contributed by atoms with E-state index in [1.54, 1.807) is 19.1 Å². The number of esters is 1. The zero-order valence-electron chi connectivity index (χ0n) is 14.7. The number of hydrogen-bond donors (Lipinski definition) is 1. The molecule has 28 heavy (non-hydrogen) atoms. The van der Waals surface area contributed by atoms with Crippen molar-refractivity contribution in [2.45, 2.75) is 19.1 Å². The van der Waals surface area contributed by atoms with Crippen LogP contribution in [0.3, 0.4) is 0 Å². The van der Waals surface area contributed by atoms with Gasteiger partial charge < -0.3 is 14.5 Å². The highest BCUT2D eigenvalue weighted by atomic mass is 19.4. The molecule has 0 spiro atoms. The van der Waals surface area contributed by atoms with Crippen LogP contribution in [0.1, 0.15) is 34.6 Å². The zero-order valence-corrected chi connectivity index (χ0v) is 14.7. The number of furan rings is 1. The van der Waals surface area contributed by atoms with Crippen LogP contribution in [0.4, 0.5) is 13.2 Å². The number of rotatable bonds is 5. The average molecular weight is 391 g/mol. The SMILES string of the molecule is C[C@H](NC(=O)COC(=O)c1cccc(C(F)(F)F)c1)c1cc2ccccc2o1. The smallest absolute Gasteiger partial charge is 0.416 e. The van der Waals surface area contributed by atoms with E-state index < -0.39 is 36.3 Å². The van der Waals surface area contributed by atoms with Gasteiger partial charge in [0.25, 0.3) is 5.91 Å². The van der Waals surface area contributed by atoms with Crippen molar-refractivity contribution >= 4 is 22.8 Å². The molecule has 0 aliphatic heterocycles. The summed E-state index contributed by atoms with van der Waals surface area (Å²) in [5.74, 6) is -1.09. The van der Waals surface area contributed by atoms with Gasteiger partial charge in [-0.05, 0) is 37.3 Å². The Morgan fingerprint density at radius 3 is 2.57 bits per heavy atom. The molecule has 0 aliphatic rings. The van der Waals surface area contributed by atoms with Crippen LogP contribution in [0.15, 0.2) is 59.0 Å². The van der Waals surface area contributed by atoms with Crippen molar-refractivity contribution in [3.05, 3.63) is 71.5 Å². The number of para-hydroxylation sites is 1. The molecule has 3 rings (SSSR count). The van der Waals surface area contributed by atoms with Crippen molar-refractivity contribution in [2.24, 2.45) is 0 Å². The number of alkyl halides is 3. The minimum Gasteiger partial charge on any atom is -0.459 e. The van der Waals surface area contributed by atoms with Gasteiger partial charge in [-0.2, -0.15) is 13.2 Å². The summed E-state index contributed by atoms with van der Waals surface area (Å²) in [4.78, 5) is 23.9.